The van der Waals surface area contributed by atoms with Crippen LogP contribution in [0.15, 0.2) is 12.7 Å². The zero-order valence-corrected chi connectivity index (χ0v) is 14.4. The fraction of sp³-hybridized carbons (Fsp3) is 0.727. The topological polar surface area (TPSA) is 38.3 Å². The van der Waals surface area contributed by atoms with Gasteiger partial charge in [-0.2, -0.15) is 49.6 Å². The second-order valence-corrected chi connectivity index (χ2v) is 5.17. The molecule has 0 rings (SSSR count). The molecule has 0 fully saturated rings. The molecule has 110 valence electrons. The van der Waals surface area contributed by atoms with Gasteiger partial charge in [-0.15, -0.1) is 0 Å². The van der Waals surface area contributed by atoms with Gasteiger partial charge in [-0.05, 0) is 35.5 Å². The molecule has 0 saturated carbocycles. The molecule has 0 aliphatic heterocycles. The maximum Gasteiger partial charge on any atom is 0.142 e. The summed E-state index contributed by atoms with van der Waals surface area (Å²) in [7, 11) is 1.64. The number of carbonyl (C=O) groups is 1. The molecule has 0 unspecified atom stereocenters. The van der Waals surface area contributed by atoms with Crippen molar-refractivity contribution in [1.29, 1.82) is 0 Å². The lowest BCUT2D eigenvalue weighted by atomic mass is 10.5. The Labute approximate surface area is 132 Å². The molecule has 0 saturated heterocycles. The zero-order chi connectivity index (χ0) is 14.5. The van der Waals surface area contributed by atoms with Gasteiger partial charge >= 0.3 is 0 Å². The average Bonchev–Trinajstić information content (AvgIpc) is 2.43. The van der Waals surface area contributed by atoms with Crippen molar-refractivity contribution in [1.82, 2.24) is 5.48 Å². The number of allylic oxidation sites excluding steroid dienone is 1. The van der Waals surface area contributed by atoms with E-state index in [-0.39, 0.29) is 0 Å². The van der Waals surface area contributed by atoms with E-state index in [0.29, 0.717) is 6.29 Å². The first kappa shape index (κ1) is 23.8. The molecule has 0 aromatic heterocycles. The Bertz CT molecular complexity index is 135. The van der Waals surface area contributed by atoms with E-state index in [2.05, 4.69) is 54.8 Å². The standard InChI is InChI=1S/C6H15NOS2.C3H4O.C2H6S2/c1-8-7-3-2-5-10-6-4-9;1-2-3-4;3-1-2-4/h7,9H,2-6H2,1H3;2-3H,1H2;3-4H,1-2H2. The predicted molar refractivity (Wildman–Crippen MR) is 94.8 cm³/mol. The van der Waals surface area contributed by atoms with E-state index in [9.17, 15) is 0 Å². The van der Waals surface area contributed by atoms with Crippen molar-refractivity contribution in [3.05, 3.63) is 12.7 Å². The minimum absolute atomic E-state index is 0.639. The van der Waals surface area contributed by atoms with Crippen LogP contribution in [0.3, 0.4) is 0 Å². The van der Waals surface area contributed by atoms with Crippen LogP contribution in [0, 0.1) is 0 Å². The second-order valence-electron chi connectivity index (χ2n) is 2.61. The van der Waals surface area contributed by atoms with Crippen LogP contribution in [-0.4, -0.2) is 48.7 Å². The SMILES string of the molecule is C=CC=O.CONCCCSCCS.SCCS. The molecule has 0 aromatic rings. The van der Waals surface area contributed by atoms with Crippen LogP contribution in [0.25, 0.3) is 0 Å². The molecule has 0 bridgehead atoms. The minimum Gasteiger partial charge on any atom is -0.305 e. The van der Waals surface area contributed by atoms with Crippen LogP contribution in [0.5, 0.6) is 0 Å². The number of carbonyl (C=O) groups excluding carboxylic acids is 1. The first-order chi connectivity index (χ1) is 8.74. The molecule has 0 aliphatic rings. The summed E-state index contributed by atoms with van der Waals surface area (Å²) in [6, 6.07) is 0. The monoisotopic (exact) mass is 331 g/mol. The van der Waals surface area contributed by atoms with Gasteiger partial charge in [-0.1, -0.05) is 6.58 Å². The lowest BCUT2D eigenvalue weighted by molar-refractivity contribution is -0.104. The lowest BCUT2D eigenvalue weighted by Crippen LogP contribution is -2.13. The highest BCUT2D eigenvalue weighted by atomic mass is 32.2. The van der Waals surface area contributed by atoms with Crippen LogP contribution < -0.4 is 5.48 Å². The van der Waals surface area contributed by atoms with Crippen molar-refractivity contribution < 1.29 is 9.63 Å². The molecule has 7 heteroatoms. The Morgan fingerprint density at radius 3 is 2.11 bits per heavy atom. The van der Waals surface area contributed by atoms with Gasteiger partial charge in [0.05, 0.1) is 7.11 Å². The Morgan fingerprint density at radius 1 is 1.22 bits per heavy atom. The number of nitrogens with one attached hydrogen (secondary N) is 1. The average molecular weight is 332 g/mol. The summed E-state index contributed by atoms with van der Waals surface area (Å²) in [5.41, 5.74) is 2.79. The quantitative estimate of drug-likeness (QED) is 0.172. The van der Waals surface area contributed by atoms with E-state index in [1.165, 1.54) is 11.8 Å². The molecule has 0 heterocycles. The van der Waals surface area contributed by atoms with Crippen molar-refractivity contribution in [2.24, 2.45) is 0 Å². The number of hydroxylamine groups is 1. The van der Waals surface area contributed by atoms with Crippen molar-refractivity contribution in [3.63, 3.8) is 0 Å². The first-order valence-corrected chi connectivity index (χ1v) is 8.52. The van der Waals surface area contributed by atoms with Gasteiger partial charge in [0.1, 0.15) is 6.29 Å². The van der Waals surface area contributed by atoms with E-state index < -0.39 is 0 Å². The van der Waals surface area contributed by atoms with Gasteiger partial charge in [0, 0.05) is 12.3 Å². The molecular formula is C11H25NO2S4. The number of hydrogen-bond donors (Lipinski definition) is 4. The number of thioether (sulfide) groups is 1. The second kappa shape index (κ2) is 30.6. The summed E-state index contributed by atoms with van der Waals surface area (Å²) in [6.07, 6.45) is 2.99. The Morgan fingerprint density at radius 2 is 1.78 bits per heavy atom. The molecule has 1 N–H and O–H groups in total. The summed E-state index contributed by atoms with van der Waals surface area (Å²) in [5, 5.41) is 0. The van der Waals surface area contributed by atoms with Crippen molar-refractivity contribution >= 4 is 55.9 Å². The van der Waals surface area contributed by atoms with Crippen molar-refractivity contribution in [3.8, 4) is 0 Å². The van der Waals surface area contributed by atoms with Gasteiger partial charge < -0.3 is 4.84 Å². The van der Waals surface area contributed by atoms with Gasteiger partial charge in [0.15, 0.2) is 0 Å². The van der Waals surface area contributed by atoms with Crippen LogP contribution in [-0.2, 0) is 9.63 Å². The zero-order valence-electron chi connectivity index (χ0n) is 10.9. The molecule has 0 radical (unpaired) electrons. The maximum atomic E-state index is 9.06. The highest BCUT2D eigenvalue weighted by molar-refractivity contribution is 7.99. The highest BCUT2D eigenvalue weighted by Crippen LogP contribution is 2.01. The number of rotatable bonds is 9. The van der Waals surface area contributed by atoms with Crippen molar-refractivity contribution in [2.45, 2.75) is 6.42 Å². The van der Waals surface area contributed by atoms with Crippen LogP contribution in [0.1, 0.15) is 6.42 Å². The Balaban J connectivity index is -0.000000233. The van der Waals surface area contributed by atoms with Gasteiger partial charge in [-0.25, -0.2) is 5.48 Å². The summed E-state index contributed by atoms with van der Waals surface area (Å²) >= 11 is 13.7. The fourth-order valence-corrected chi connectivity index (χ4v) is 1.58. The van der Waals surface area contributed by atoms with Crippen LogP contribution >= 0.6 is 49.6 Å². The molecule has 0 atom stereocenters. The number of aldehydes is 1. The Kier molecular flexibility index (Phi) is 40.5. The third-order valence-electron chi connectivity index (χ3n) is 1.14. The third-order valence-corrected chi connectivity index (χ3v) is 3.54. The molecule has 3 nitrogen and oxygen atoms in total. The molecular weight excluding hydrogens is 306 g/mol. The van der Waals surface area contributed by atoms with E-state index in [4.69, 9.17) is 4.79 Å². The smallest absolute Gasteiger partial charge is 0.142 e. The summed E-state index contributed by atoms with van der Waals surface area (Å²) in [4.78, 5) is 13.7. The highest BCUT2D eigenvalue weighted by Gasteiger charge is 1.87. The normalized spacial score (nSPS) is 8.44. The fourth-order valence-electron chi connectivity index (χ4n) is 0.515. The Hall–Kier alpha value is 0.730. The van der Waals surface area contributed by atoms with Crippen molar-refractivity contribution in [2.75, 3.05) is 42.4 Å². The van der Waals surface area contributed by atoms with E-state index in [0.717, 1.165) is 36.0 Å². The number of hydrogen-bond acceptors (Lipinski definition) is 7. The number of thiol groups is 3. The summed E-state index contributed by atoms with van der Waals surface area (Å²) in [6.45, 7) is 4.05. The van der Waals surface area contributed by atoms with Crippen LogP contribution in [0.4, 0.5) is 0 Å². The molecule has 0 spiro atoms. The van der Waals surface area contributed by atoms with E-state index in [1.807, 2.05) is 11.8 Å². The maximum absolute atomic E-state index is 9.06. The largest absolute Gasteiger partial charge is 0.305 e. The van der Waals surface area contributed by atoms with E-state index >= 15 is 0 Å². The molecule has 0 aliphatic carbocycles. The van der Waals surface area contributed by atoms with E-state index in [1.54, 1.807) is 7.11 Å². The first-order valence-electron chi connectivity index (χ1n) is 5.47. The summed E-state index contributed by atoms with van der Waals surface area (Å²) < 4.78 is 0. The van der Waals surface area contributed by atoms with Gasteiger partial charge in [-0.3, -0.25) is 4.79 Å². The lowest BCUT2D eigenvalue weighted by Gasteiger charge is -2.00. The third kappa shape index (κ3) is 43.7. The van der Waals surface area contributed by atoms with Gasteiger partial charge in [0.25, 0.3) is 0 Å². The van der Waals surface area contributed by atoms with Gasteiger partial charge in [0.2, 0.25) is 0 Å². The summed E-state index contributed by atoms with van der Waals surface area (Å²) in [5.74, 6) is 5.07. The van der Waals surface area contributed by atoms with Crippen LogP contribution in [0.2, 0.25) is 0 Å². The molecule has 18 heavy (non-hydrogen) atoms. The molecule has 0 aromatic carbocycles. The predicted octanol–water partition coefficient (Wildman–Crippen LogP) is 2.41. The minimum atomic E-state index is 0.639. The molecule has 0 amide bonds.